The summed E-state index contributed by atoms with van der Waals surface area (Å²) < 4.78 is 3.04. The van der Waals surface area contributed by atoms with Gasteiger partial charge in [-0.3, -0.25) is 4.79 Å². The first kappa shape index (κ1) is 23.8. The van der Waals surface area contributed by atoms with Crippen molar-refractivity contribution >= 4 is 50.3 Å². The minimum atomic E-state index is -0.151. The van der Waals surface area contributed by atoms with Gasteiger partial charge in [-0.1, -0.05) is 45.0 Å². The number of hydrogen-bond donors (Lipinski definition) is 2. The van der Waals surface area contributed by atoms with E-state index in [2.05, 4.69) is 47.4 Å². The average molecular weight is 519 g/mol. The lowest BCUT2D eigenvalue weighted by atomic mass is 9.87. The maximum Gasteiger partial charge on any atom is 0.255 e. The number of thiazole rings is 1. The van der Waals surface area contributed by atoms with Crippen LogP contribution in [0.4, 0.5) is 17.2 Å². The third kappa shape index (κ3) is 4.73. The molecule has 6 aromatic rings. The Hall–Kier alpha value is -4.56. The van der Waals surface area contributed by atoms with Crippen LogP contribution >= 0.6 is 11.3 Å². The van der Waals surface area contributed by atoms with Crippen molar-refractivity contribution in [2.75, 3.05) is 10.6 Å². The molecule has 3 heterocycles. The fraction of sp³-hybridized carbons (Fsp3) is 0.133. The van der Waals surface area contributed by atoms with Crippen molar-refractivity contribution in [2.45, 2.75) is 26.2 Å². The lowest BCUT2D eigenvalue weighted by Crippen LogP contribution is -2.14. The van der Waals surface area contributed by atoms with Crippen molar-refractivity contribution in [3.63, 3.8) is 0 Å². The molecule has 0 saturated carbocycles. The van der Waals surface area contributed by atoms with E-state index in [9.17, 15) is 4.79 Å². The normalized spacial score (nSPS) is 11.7. The first-order chi connectivity index (χ1) is 18.3. The van der Waals surface area contributed by atoms with Crippen LogP contribution in [-0.4, -0.2) is 25.3 Å². The van der Waals surface area contributed by atoms with Gasteiger partial charge in [-0.05, 0) is 53.4 Å². The number of nitrogens with zero attached hydrogens (tertiary/aromatic N) is 4. The van der Waals surface area contributed by atoms with Crippen molar-refractivity contribution in [1.82, 2.24) is 19.4 Å². The zero-order valence-corrected chi connectivity index (χ0v) is 22.1. The third-order valence-electron chi connectivity index (χ3n) is 6.40. The van der Waals surface area contributed by atoms with E-state index >= 15 is 0 Å². The second-order valence-electron chi connectivity index (χ2n) is 10.2. The van der Waals surface area contributed by atoms with Gasteiger partial charge in [-0.15, -0.1) is 11.3 Å². The third-order valence-corrected chi connectivity index (χ3v) is 7.19. The lowest BCUT2D eigenvalue weighted by molar-refractivity contribution is 0.102. The maximum absolute atomic E-state index is 12.9. The molecule has 0 saturated heterocycles. The number of rotatable bonds is 5. The zero-order chi connectivity index (χ0) is 26.3. The van der Waals surface area contributed by atoms with Gasteiger partial charge in [0, 0.05) is 41.1 Å². The molecule has 0 aliphatic carbocycles. The fourth-order valence-corrected chi connectivity index (χ4v) is 5.02. The molecule has 0 atom stereocenters. The molecule has 38 heavy (non-hydrogen) atoms. The molecule has 2 N–H and O–H groups in total. The zero-order valence-electron chi connectivity index (χ0n) is 21.3. The summed E-state index contributed by atoms with van der Waals surface area (Å²) in [7, 11) is 0. The summed E-state index contributed by atoms with van der Waals surface area (Å²) in [5.74, 6) is 0.492. The molecule has 0 unspecified atom stereocenters. The van der Waals surface area contributed by atoms with Crippen molar-refractivity contribution < 1.29 is 4.79 Å². The van der Waals surface area contributed by atoms with Crippen molar-refractivity contribution in [3.8, 4) is 11.3 Å². The first-order valence-corrected chi connectivity index (χ1v) is 13.2. The Morgan fingerprint density at radius 2 is 1.79 bits per heavy atom. The molecule has 0 radical (unpaired) electrons. The molecule has 0 aliphatic rings. The van der Waals surface area contributed by atoms with Crippen LogP contribution in [0.25, 0.3) is 27.1 Å². The summed E-state index contributed by atoms with van der Waals surface area (Å²) in [6, 6.07) is 21.5. The van der Waals surface area contributed by atoms with Crippen LogP contribution < -0.4 is 10.6 Å². The Balaban J connectivity index is 1.28. The molecule has 3 aromatic carbocycles. The second kappa shape index (κ2) is 9.39. The van der Waals surface area contributed by atoms with Crippen LogP contribution in [0.1, 0.15) is 36.7 Å². The number of fused-ring (bicyclic) bond motifs is 2. The summed E-state index contributed by atoms with van der Waals surface area (Å²) in [4.78, 5) is 26.7. The summed E-state index contributed by atoms with van der Waals surface area (Å²) in [6.45, 7) is 6.47. The van der Waals surface area contributed by atoms with Gasteiger partial charge in [-0.2, -0.15) is 0 Å². The predicted molar refractivity (Wildman–Crippen MR) is 154 cm³/mol. The summed E-state index contributed by atoms with van der Waals surface area (Å²) >= 11 is 1.60. The van der Waals surface area contributed by atoms with E-state index in [1.165, 1.54) is 5.56 Å². The fourth-order valence-electron chi connectivity index (χ4n) is 4.31. The van der Waals surface area contributed by atoms with Crippen LogP contribution in [0.3, 0.4) is 0 Å². The Labute approximate surface area is 224 Å². The Kier molecular flexibility index (Phi) is 5.88. The number of benzene rings is 3. The first-order valence-electron chi connectivity index (χ1n) is 12.3. The minimum absolute atomic E-state index is 0.0360. The standard InChI is InChI=1S/C30H26N6OS/c1-30(2,3)21-9-7-19(8-10-21)29(37)34-22-6-4-5-20(15-22)25-17-36-14-13-31-28(36)27(35-25)33-23-11-12-24-26(16-23)38-18-32-24/h4-18H,1-3H3,(H,33,35)(H,34,37). The highest BCUT2D eigenvalue weighted by Crippen LogP contribution is 2.29. The number of amides is 1. The van der Waals surface area contributed by atoms with Gasteiger partial charge in [0.15, 0.2) is 11.5 Å². The molecule has 7 nitrogen and oxygen atoms in total. The summed E-state index contributed by atoms with van der Waals surface area (Å²) in [5.41, 5.74) is 8.61. The van der Waals surface area contributed by atoms with Crippen LogP contribution in [0.2, 0.25) is 0 Å². The Bertz CT molecular complexity index is 1780. The number of imidazole rings is 1. The lowest BCUT2D eigenvalue weighted by Gasteiger charge is -2.19. The highest BCUT2D eigenvalue weighted by molar-refractivity contribution is 7.16. The molecular formula is C30H26N6OS. The van der Waals surface area contributed by atoms with Gasteiger partial charge in [0.1, 0.15) is 0 Å². The molecule has 0 aliphatic heterocycles. The molecular weight excluding hydrogens is 492 g/mol. The largest absolute Gasteiger partial charge is 0.337 e. The van der Waals surface area contributed by atoms with Crippen molar-refractivity contribution in [2.24, 2.45) is 0 Å². The van der Waals surface area contributed by atoms with Gasteiger partial charge in [0.25, 0.3) is 5.91 Å². The van der Waals surface area contributed by atoms with Gasteiger partial charge >= 0.3 is 0 Å². The quantitative estimate of drug-likeness (QED) is 0.250. The van der Waals surface area contributed by atoms with Gasteiger partial charge in [0.2, 0.25) is 0 Å². The number of carbonyl (C=O) groups excluding carboxylic acids is 1. The van der Waals surface area contributed by atoms with E-state index in [1.54, 1.807) is 17.5 Å². The van der Waals surface area contributed by atoms with E-state index in [0.29, 0.717) is 17.1 Å². The molecule has 0 spiro atoms. The second-order valence-corrected chi connectivity index (χ2v) is 11.0. The van der Waals surface area contributed by atoms with Crippen molar-refractivity contribution in [3.05, 3.63) is 102 Å². The molecule has 8 heteroatoms. The van der Waals surface area contributed by atoms with Crippen molar-refractivity contribution in [1.29, 1.82) is 0 Å². The number of anilines is 3. The topological polar surface area (TPSA) is 84.2 Å². The number of carbonyl (C=O) groups is 1. The van der Waals surface area contributed by atoms with E-state index in [1.807, 2.05) is 83.0 Å². The smallest absolute Gasteiger partial charge is 0.255 e. The monoisotopic (exact) mass is 518 g/mol. The predicted octanol–water partition coefficient (Wildman–Crippen LogP) is 7.30. The van der Waals surface area contributed by atoms with Crippen LogP contribution in [-0.2, 0) is 5.41 Å². The van der Waals surface area contributed by atoms with Crippen LogP contribution in [0.15, 0.2) is 90.8 Å². The summed E-state index contributed by atoms with van der Waals surface area (Å²) in [6.07, 6.45) is 5.58. The van der Waals surface area contributed by atoms with E-state index < -0.39 is 0 Å². The maximum atomic E-state index is 12.9. The van der Waals surface area contributed by atoms with Gasteiger partial charge in [-0.25, -0.2) is 15.0 Å². The Morgan fingerprint density at radius 1 is 0.947 bits per heavy atom. The van der Waals surface area contributed by atoms with E-state index in [4.69, 9.17) is 4.98 Å². The molecule has 0 bridgehead atoms. The Morgan fingerprint density at radius 3 is 2.61 bits per heavy atom. The molecule has 188 valence electrons. The molecule has 3 aromatic heterocycles. The summed E-state index contributed by atoms with van der Waals surface area (Å²) in [5, 5.41) is 6.44. The number of hydrogen-bond acceptors (Lipinski definition) is 6. The van der Waals surface area contributed by atoms with Crippen LogP contribution in [0, 0.1) is 0 Å². The van der Waals surface area contributed by atoms with Crippen LogP contribution in [0.5, 0.6) is 0 Å². The molecule has 6 rings (SSSR count). The average Bonchev–Trinajstić information content (AvgIpc) is 3.58. The highest BCUT2D eigenvalue weighted by atomic mass is 32.1. The van der Waals surface area contributed by atoms with Gasteiger partial charge < -0.3 is 15.0 Å². The van der Waals surface area contributed by atoms with E-state index in [0.717, 1.165) is 32.8 Å². The minimum Gasteiger partial charge on any atom is -0.337 e. The van der Waals surface area contributed by atoms with E-state index in [-0.39, 0.29) is 11.3 Å². The number of nitrogens with one attached hydrogen (secondary N) is 2. The van der Waals surface area contributed by atoms with Gasteiger partial charge in [0.05, 0.1) is 21.4 Å². The molecule has 0 fully saturated rings. The number of aromatic nitrogens is 4. The highest BCUT2D eigenvalue weighted by Gasteiger charge is 2.15. The molecule has 1 amide bonds. The SMILES string of the molecule is CC(C)(C)c1ccc(C(=O)Nc2cccc(-c3cn4ccnc4c(Nc4ccc5ncsc5c4)n3)c2)cc1.